The third kappa shape index (κ3) is 0.891. The summed E-state index contributed by atoms with van der Waals surface area (Å²) in [6.45, 7) is 4.77. The predicted octanol–water partition coefficient (Wildman–Crippen LogP) is 1.56. The van der Waals surface area contributed by atoms with Gasteiger partial charge >= 0.3 is 0 Å². The fraction of sp³-hybridized carbons (Fsp3) is 0.778. The van der Waals surface area contributed by atoms with Crippen LogP contribution in [0.15, 0.2) is 11.6 Å². The highest BCUT2D eigenvalue weighted by atomic mass is 14.9. The standard InChI is InChI=1S/C9H15N/c1-7-3-2-4-8-5-10-6-9(7)8/h3,8-10H,2,4-6H2,1H3. The summed E-state index contributed by atoms with van der Waals surface area (Å²) in [5, 5.41) is 3.45. The van der Waals surface area contributed by atoms with Gasteiger partial charge in [0.15, 0.2) is 0 Å². The first-order chi connectivity index (χ1) is 4.88. The molecule has 2 unspecified atom stereocenters. The van der Waals surface area contributed by atoms with Gasteiger partial charge in [-0.1, -0.05) is 11.6 Å². The molecule has 0 spiro atoms. The quantitative estimate of drug-likeness (QED) is 0.500. The normalized spacial score (nSPS) is 39.1. The Morgan fingerprint density at radius 1 is 1.50 bits per heavy atom. The van der Waals surface area contributed by atoms with E-state index in [0.29, 0.717) is 0 Å². The first kappa shape index (κ1) is 6.41. The smallest absolute Gasteiger partial charge is 0.00200 e. The Labute approximate surface area is 62.5 Å². The van der Waals surface area contributed by atoms with Crippen molar-refractivity contribution in [2.24, 2.45) is 11.8 Å². The van der Waals surface area contributed by atoms with Crippen LogP contribution in [0.2, 0.25) is 0 Å². The molecule has 1 saturated heterocycles. The molecule has 10 heavy (non-hydrogen) atoms. The van der Waals surface area contributed by atoms with Crippen molar-refractivity contribution < 1.29 is 0 Å². The van der Waals surface area contributed by atoms with Crippen LogP contribution in [0, 0.1) is 11.8 Å². The summed E-state index contributed by atoms with van der Waals surface area (Å²) in [7, 11) is 0. The number of nitrogens with one attached hydrogen (secondary N) is 1. The summed E-state index contributed by atoms with van der Waals surface area (Å²) in [6.07, 6.45) is 5.14. The zero-order valence-corrected chi connectivity index (χ0v) is 6.56. The molecule has 1 heteroatoms. The second kappa shape index (κ2) is 2.39. The minimum absolute atomic E-state index is 0.883. The van der Waals surface area contributed by atoms with Crippen LogP contribution in [0.5, 0.6) is 0 Å². The molecule has 2 rings (SSSR count). The van der Waals surface area contributed by atoms with Crippen LogP contribution >= 0.6 is 0 Å². The third-order valence-corrected chi connectivity index (χ3v) is 2.93. The van der Waals surface area contributed by atoms with Crippen LogP contribution < -0.4 is 5.32 Å². The lowest BCUT2D eigenvalue weighted by Gasteiger charge is -2.23. The van der Waals surface area contributed by atoms with Crippen LogP contribution in [0.25, 0.3) is 0 Å². The summed E-state index contributed by atoms with van der Waals surface area (Å²) in [6, 6.07) is 0. The molecule has 56 valence electrons. The molecule has 0 bridgehead atoms. The molecule has 1 fully saturated rings. The highest BCUT2D eigenvalue weighted by molar-refractivity contribution is 5.12. The summed E-state index contributed by atoms with van der Waals surface area (Å²) in [5.41, 5.74) is 1.63. The SMILES string of the molecule is CC1=CCCC2CNCC12. The van der Waals surface area contributed by atoms with E-state index in [2.05, 4.69) is 18.3 Å². The van der Waals surface area contributed by atoms with Crippen molar-refractivity contribution in [2.45, 2.75) is 19.8 Å². The fourth-order valence-corrected chi connectivity index (χ4v) is 2.25. The van der Waals surface area contributed by atoms with Crippen molar-refractivity contribution in [3.8, 4) is 0 Å². The Balaban J connectivity index is 2.16. The van der Waals surface area contributed by atoms with E-state index in [4.69, 9.17) is 0 Å². The van der Waals surface area contributed by atoms with E-state index in [0.717, 1.165) is 11.8 Å². The summed E-state index contributed by atoms with van der Waals surface area (Å²) < 4.78 is 0. The predicted molar refractivity (Wildman–Crippen MR) is 42.8 cm³/mol. The van der Waals surface area contributed by atoms with Crippen LogP contribution in [0.4, 0.5) is 0 Å². The fourth-order valence-electron chi connectivity index (χ4n) is 2.25. The lowest BCUT2D eigenvalue weighted by atomic mass is 9.82. The molecule has 0 aromatic rings. The van der Waals surface area contributed by atoms with Crippen LogP contribution in [0.1, 0.15) is 19.8 Å². The van der Waals surface area contributed by atoms with E-state index in [1.54, 1.807) is 5.57 Å². The molecule has 0 aromatic heterocycles. The van der Waals surface area contributed by atoms with E-state index >= 15 is 0 Å². The molecule has 0 aromatic carbocycles. The van der Waals surface area contributed by atoms with Gasteiger partial charge < -0.3 is 5.32 Å². The van der Waals surface area contributed by atoms with Crippen molar-refractivity contribution in [3.63, 3.8) is 0 Å². The molecule has 1 aliphatic heterocycles. The molecule has 1 N–H and O–H groups in total. The Morgan fingerprint density at radius 2 is 2.40 bits per heavy atom. The Kier molecular flexibility index (Phi) is 1.53. The van der Waals surface area contributed by atoms with E-state index < -0.39 is 0 Å². The number of hydrogen-bond donors (Lipinski definition) is 1. The molecule has 0 amide bonds. The molecule has 0 saturated carbocycles. The van der Waals surface area contributed by atoms with Gasteiger partial charge in [0.1, 0.15) is 0 Å². The Hall–Kier alpha value is -0.300. The minimum atomic E-state index is 0.883. The maximum absolute atomic E-state index is 3.45. The largest absolute Gasteiger partial charge is 0.316 e. The zero-order valence-electron chi connectivity index (χ0n) is 6.56. The van der Waals surface area contributed by atoms with E-state index in [-0.39, 0.29) is 0 Å². The van der Waals surface area contributed by atoms with Gasteiger partial charge in [-0.15, -0.1) is 0 Å². The summed E-state index contributed by atoms with van der Waals surface area (Å²) in [4.78, 5) is 0. The Bertz CT molecular complexity index is 160. The second-order valence-corrected chi connectivity index (χ2v) is 3.55. The monoisotopic (exact) mass is 137 g/mol. The van der Waals surface area contributed by atoms with Gasteiger partial charge in [-0.3, -0.25) is 0 Å². The first-order valence-electron chi connectivity index (χ1n) is 4.25. The van der Waals surface area contributed by atoms with E-state index in [1.807, 2.05) is 0 Å². The molecule has 1 heterocycles. The zero-order chi connectivity index (χ0) is 6.97. The molecule has 1 aliphatic carbocycles. The minimum Gasteiger partial charge on any atom is -0.316 e. The summed E-state index contributed by atoms with van der Waals surface area (Å²) in [5.74, 6) is 1.85. The molecule has 2 atom stereocenters. The van der Waals surface area contributed by atoms with Gasteiger partial charge in [-0.05, 0) is 38.1 Å². The molecule has 2 aliphatic rings. The van der Waals surface area contributed by atoms with E-state index in [1.165, 1.54) is 25.9 Å². The van der Waals surface area contributed by atoms with Crippen molar-refractivity contribution in [3.05, 3.63) is 11.6 Å². The van der Waals surface area contributed by atoms with E-state index in [9.17, 15) is 0 Å². The van der Waals surface area contributed by atoms with Gasteiger partial charge in [0, 0.05) is 6.54 Å². The first-order valence-corrected chi connectivity index (χ1v) is 4.25. The van der Waals surface area contributed by atoms with Crippen molar-refractivity contribution >= 4 is 0 Å². The van der Waals surface area contributed by atoms with Crippen LogP contribution in [-0.4, -0.2) is 13.1 Å². The van der Waals surface area contributed by atoms with Crippen molar-refractivity contribution in [2.75, 3.05) is 13.1 Å². The van der Waals surface area contributed by atoms with Crippen LogP contribution in [-0.2, 0) is 0 Å². The lowest BCUT2D eigenvalue weighted by Crippen LogP contribution is -2.16. The average molecular weight is 137 g/mol. The third-order valence-electron chi connectivity index (χ3n) is 2.93. The molecular weight excluding hydrogens is 122 g/mol. The van der Waals surface area contributed by atoms with Gasteiger partial charge in [-0.25, -0.2) is 0 Å². The lowest BCUT2D eigenvalue weighted by molar-refractivity contribution is 0.421. The average Bonchev–Trinajstić information content (AvgIpc) is 2.36. The highest BCUT2D eigenvalue weighted by Crippen LogP contribution is 2.32. The molecule has 1 nitrogen and oxygen atoms in total. The topological polar surface area (TPSA) is 12.0 Å². The number of fused-ring (bicyclic) bond motifs is 1. The number of hydrogen-bond acceptors (Lipinski definition) is 1. The van der Waals surface area contributed by atoms with Gasteiger partial charge in [0.2, 0.25) is 0 Å². The Morgan fingerprint density at radius 3 is 3.20 bits per heavy atom. The number of allylic oxidation sites excluding steroid dienone is 1. The van der Waals surface area contributed by atoms with Gasteiger partial charge in [0.25, 0.3) is 0 Å². The molecular formula is C9H15N. The van der Waals surface area contributed by atoms with Gasteiger partial charge in [-0.2, -0.15) is 0 Å². The van der Waals surface area contributed by atoms with Crippen molar-refractivity contribution in [1.82, 2.24) is 5.32 Å². The number of rotatable bonds is 0. The second-order valence-electron chi connectivity index (χ2n) is 3.55. The van der Waals surface area contributed by atoms with Crippen molar-refractivity contribution in [1.29, 1.82) is 0 Å². The maximum atomic E-state index is 3.45. The highest BCUT2D eigenvalue weighted by Gasteiger charge is 2.29. The molecule has 0 radical (unpaired) electrons. The summed E-state index contributed by atoms with van der Waals surface area (Å²) >= 11 is 0. The maximum Gasteiger partial charge on any atom is 0.00200 e. The van der Waals surface area contributed by atoms with Crippen LogP contribution in [0.3, 0.4) is 0 Å². The van der Waals surface area contributed by atoms with Gasteiger partial charge in [0.05, 0.1) is 0 Å².